The van der Waals surface area contributed by atoms with Gasteiger partial charge in [-0.2, -0.15) is 0 Å². The van der Waals surface area contributed by atoms with Gasteiger partial charge < -0.3 is 9.88 Å². The highest BCUT2D eigenvalue weighted by molar-refractivity contribution is 5.54. The zero-order chi connectivity index (χ0) is 14.0. The summed E-state index contributed by atoms with van der Waals surface area (Å²) in [5.41, 5.74) is 0.926. The van der Waals surface area contributed by atoms with Crippen molar-refractivity contribution in [3.05, 3.63) is 41.7 Å². The Labute approximate surface area is 111 Å². The van der Waals surface area contributed by atoms with Crippen LogP contribution in [-0.4, -0.2) is 9.55 Å². The molecule has 2 rings (SSSR count). The highest BCUT2D eigenvalue weighted by Gasteiger charge is 2.10. The van der Waals surface area contributed by atoms with Crippen molar-refractivity contribution in [3.63, 3.8) is 0 Å². The second kappa shape index (κ2) is 5.38. The fourth-order valence-electron chi connectivity index (χ4n) is 1.89. The van der Waals surface area contributed by atoms with E-state index in [1.165, 1.54) is 0 Å². The molecule has 0 radical (unpaired) electrons. The molecule has 0 spiro atoms. The summed E-state index contributed by atoms with van der Waals surface area (Å²) in [7, 11) is 0. The first-order valence-corrected chi connectivity index (χ1v) is 6.21. The molecular weight excluding hydrogens is 248 g/mol. The Morgan fingerprint density at radius 2 is 2.05 bits per heavy atom. The highest BCUT2D eigenvalue weighted by atomic mass is 19.1. The van der Waals surface area contributed by atoms with Crippen molar-refractivity contribution < 1.29 is 8.78 Å². The first-order chi connectivity index (χ1) is 8.95. The zero-order valence-corrected chi connectivity index (χ0v) is 11.2. The quantitative estimate of drug-likeness (QED) is 0.909. The number of imidazole rings is 1. The van der Waals surface area contributed by atoms with Gasteiger partial charge in [-0.05, 0) is 25.0 Å². The molecule has 0 bridgehead atoms. The van der Waals surface area contributed by atoms with Crippen LogP contribution in [0.4, 0.5) is 20.4 Å². The van der Waals surface area contributed by atoms with Crippen molar-refractivity contribution in [2.45, 2.75) is 27.3 Å². The minimum Gasteiger partial charge on any atom is -0.323 e. The number of aryl methyl sites for hydroxylation is 1. The van der Waals surface area contributed by atoms with Crippen molar-refractivity contribution in [2.24, 2.45) is 5.92 Å². The standard InChI is InChI=1S/C14H17F2N3/c1-9(2)7-19-8-10(3)17-14(19)18-13-6-11(15)4-5-12(13)16/h4-6,8-9H,7H2,1-3H3,(H,17,18). The van der Waals surface area contributed by atoms with Gasteiger partial charge in [0.25, 0.3) is 0 Å². The van der Waals surface area contributed by atoms with Gasteiger partial charge in [0, 0.05) is 18.8 Å². The van der Waals surface area contributed by atoms with Gasteiger partial charge in [-0.25, -0.2) is 13.8 Å². The van der Waals surface area contributed by atoms with Crippen molar-refractivity contribution in [1.29, 1.82) is 0 Å². The molecule has 1 N–H and O–H groups in total. The summed E-state index contributed by atoms with van der Waals surface area (Å²) in [5.74, 6) is -0.0251. The van der Waals surface area contributed by atoms with Crippen LogP contribution in [0.15, 0.2) is 24.4 Å². The minimum atomic E-state index is -0.502. The Hall–Kier alpha value is -1.91. The van der Waals surface area contributed by atoms with Gasteiger partial charge in [-0.1, -0.05) is 13.8 Å². The van der Waals surface area contributed by atoms with E-state index < -0.39 is 11.6 Å². The van der Waals surface area contributed by atoms with Crippen LogP contribution in [0.3, 0.4) is 0 Å². The van der Waals surface area contributed by atoms with Crippen molar-refractivity contribution in [3.8, 4) is 0 Å². The molecule has 0 unspecified atom stereocenters. The molecule has 0 fully saturated rings. The lowest BCUT2D eigenvalue weighted by Gasteiger charge is -2.12. The summed E-state index contributed by atoms with van der Waals surface area (Å²) in [6.07, 6.45) is 1.89. The van der Waals surface area contributed by atoms with Gasteiger partial charge in [0.15, 0.2) is 0 Å². The third-order valence-corrected chi connectivity index (χ3v) is 2.63. The normalized spacial score (nSPS) is 11.1. The lowest BCUT2D eigenvalue weighted by molar-refractivity contribution is 0.527. The number of anilines is 2. The molecule has 102 valence electrons. The van der Waals surface area contributed by atoms with E-state index in [9.17, 15) is 8.78 Å². The molecular formula is C14H17F2N3. The van der Waals surface area contributed by atoms with Crippen LogP contribution in [0, 0.1) is 24.5 Å². The number of hydrogen-bond donors (Lipinski definition) is 1. The highest BCUT2D eigenvalue weighted by Crippen LogP contribution is 2.21. The molecule has 1 aromatic carbocycles. The van der Waals surface area contributed by atoms with Crippen LogP contribution in [-0.2, 0) is 6.54 Å². The number of benzene rings is 1. The van der Waals surface area contributed by atoms with E-state index in [4.69, 9.17) is 0 Å². The topological polar surface area (TPSA) is 29.9 Å². The van der Waals surface area contributed by atoms with E-state index in [0.717, 1.165) is 30.4 Å². The monoisotopic (exact) mass is 265 g/mol. The molecule has 1 aromatic heterocycles. The van der Waals surface area contributed by atoms with Gasteiger partial charge in [-0.3, -0.25) is 0 Å². The lowest BCUT2D eigenvalue weighted by Crippen LogP contribution is -2.08. The summed E-state index contributed by atoms with van der Waals surface area (Å²) in [4.78, 5) is 4.29. The van der Waals surface area contributed by atoms with Crippen LogP contribution in [0.1, 0.15) is 19.5 Å². The van der Waals surface area contributed by atoms with Crippen LogP contribution < -0.4 is 5.32 Å². The maximum atomic E-state index is 13.6. The van der Waals surface area contributed by atoms with E-state index in [1.54, 1.807) is 0 Å². The van der Waals surface area contributed by atoms with Crippen molar-refractivity contribution in [1.82, 2.24) is 9.55 Å². The molecule has 19 heavy (non-hydrogen) atoms. The van der Waals surface area contributed by atoms with Crippen LogP contribution >= 0.6 is 0 Å². The third kappa shape index (κ3) is 3.30. The number of rotatable bonds is 4. The van der Waals surface area contributed by atoms with E-state index in [0.29, 0.717) is 11.9 Å². The van der Waals surface area contributed by atoms with E-state index >= 15 is 0 Å². The molecule has 0 saturated heterocycles. The summed E-state index contributed by atoms with van der Waals surface area (Å²) >= 11 is 0. The average Bonchev–Trinajstić information content (AvgIpc) is 2.63. The van der Waals surface area contributed by atoms with Crippen molar-refractivity contribution in [2.75, 3.05) is 5.32 Å². The second-order valence-corrected chi connectivity index (χ2v) is 5.00. The summed E-state index contributed by atoms with van der Waals surface area (Å²) in [6, 6.07) is 3.31. The maximum absolute atomic E-state index is 13.6. The zero-order valence-electron chi connectivity index (χ0n) is 11.2. The van der Waals surface area contributed by atoms with E-state index in [2.05, 4.69) is 24.1 Å². The van der Waals surface area contributed by atoms with Gasteiger partial charge in [0.2, 0.25) is 5.95 Å². The number of nitrogens with zero attached hydrogens (tertiary/aromatic N) is 2. The molecule has 0 aliphatic carbocycles. The summed E-state index contributed by atoms with van der Waals surface area (Å²) < 4.78 is 28.6. The third-order valence-electron chi connectivity index (χ3n) is 2.63. The fraction of sp³-hybridized carbons (Fsp3) is 0.357. The molecule has 0 aliphatic rings. The van der Waals surface area contributed by atoms with Gasteiger partial charge >= 0.3 is 0 Å². The molecule has 0 amide bonds. The Kier molecular flexibility index (Phi) is 3.83. The summed E-state index contributed by atoms with van der Waals surface area (Å²) in [5, 5.41) is 2.84. The molecule has 1 heterocycles. The number of halogens is 2. The van der Waals surface area contributed by atoms with E-state index in [-0.39, 0.29) is 5.69 Å². The van der Waals surface area contributed by atoms with Gasteiger partial charge in [0.1, 0.15) is 11.6 Å². The Morgan fingerprint density at radius 3 is 2.74 bits per heavy atom. The molecule has 5 heteroatoms. The number of hydrogen-bond acceptors (Lipinski definition) is 2. The molecule has 0 saturated carbocycles. The van der Waals surface area contributed by atoms with E-state index in [1.807, 2.05) is 17.7 Å². The predicted molar refractivity (Wildman–Crippen MR) is 71.4 cm³/mol. The van der Waals surface area contributed by atoms with Gasteiger partial charge in [0.05, 0.1) is 11.4 Å². The molecule has 0 atom stereocenters. The predicted octanol–water partition coefficient (Wildman–Crippen LogP) is 3.87. The molecule has 3 nitrogen and oxygen atoms in total. The molecule has 0 aliphatic heterocycles. The van der Waals surface area contributed by atoms with Crippen LogP contribution in [0.5, 0.6) is 0 Å². The minimum absolute atomic E-state index is 0.0932. The smallest absolute Gasteiger partial charge is 0.207 e. The Balaban J connectivity index is 2.29. The largest absolute Gasteiger partial charge is 0.323 e. The maximum Gasteiger partial charge on any atom is 0.207 e. The Bertz CT molecular complexity index is 576. The summed E-state index contributed by atoms with van der Waals surface area (Å²) in [6.45, 7) is 6.80. The number of nitrogens with one attached hydrogen (secondary N) is 1. The first-order valence-electron chi connectivity index (χ1n) is 6.21. The van der Waals surface area contributed by atoms with Gasteiger partial charge in [-0.15, -0.1) is 0 Å². The SMILES string of the molecule is Cc1cn(CC(C)C)c(Nc2cc(F)ccc2F)n1. The average molecular weight is 265 g/mol. The lowest BCUT2D eigenvalue weighted by atomic mass is 10.2. The Morgan fingerprint density at radius 1 is 1.32 bits per heavy atom. The van der Waals surface area contributed by atoms with Crippen LogP contribution in [0.2, 0.25) is 0 Å². The first kappa shape index (κ1) is 13.5. The number of aromatic nitrogens is 2. The van der Waals surface area contributed by atoms with Crippen LogP contribution in [0.25, 0.3) is 0 Å². The second-order valence-electron chi connectivity index (χ2n) is 5.00. The fourth-order valence-corrected chi connectivity index (χ4v) is 1.89. The van der Waals surface area contributed by atoms with Crippen molar-refractivity contribution >= 4 is 11.6 Å². The molecule has 2 aromatic rings.